The SMILES string of the molecule is CC(C)(C)Nc1ncnc2c1ncn2[C@@H]1O[C@H](CO)[C@@H](O)[C@H]1O. The van der Waals surface area contributed by atoms with Gasteiger partial charge in [0.15, 0.2) is 23.2 Å². The van der Waals surface area contributed by atoms with E-state index in [9.17, 15) is 15.3 Å². The Bertz CT molecular complexity index is 698. The molecule has 23 heavy (non-hydrogen) atoms. The first kappa shape index (κ1) is 16.1. The Hall–Kier alpha value is -1.81. The number of nitrogens with zero attached hydrogens (tertiary/aromatic N) is 4. The third-order valence-corrected chi connectivity index (χ3v) is 3.64. The van der Waals surface area contributed by atoms with Crippen molar-refractivity contribution in [2.45, 2.75) is 50.8 Å². The molecule has 1 aliphatic heterocycles. The number of fused-ring (bicyclic) bond motifs is 1. The summed E-state index contributed by atoms with van der Waals surface area (Å²) in [7, 11) is 0. The summed E-state index contributed by atoms with van der Waals surface area (Å²) < 4.78 is 7.06. The summed E-state index contributed by atoms with van der Waals surface area (Å²) in [5.41, 5.74) is 0.814. The number of anilines is 1. The Balaban J connectivity index is 1.99. The smallest absolute Gasteiger partial charge is 0.167 e. The Kier molecular flexibility index (Phi) is 3.96. The fourth-order valence-electron chi connectivity index (χ4n) is 2.59. The molecule has 4 atom stereocenters. The van der Waals surface area contributed by atoms with Gasteiger partial charge in [-0.2, -0.15) is 0 Å². The van der Waals surface area contributed by atoms with E-state index >= 15 is 0 Å². The van der Waals surface area contributed by atoms with E-state index in [1.54, 1.807) is 0 Å². The van der Waals surface area contributed by atoms with Gasteiger partial charge in [-0.25, -0.2) is 15.0 Å². The van der Waals surface area contributed by atoms with Crippen molar-refractivity contribution in [3.63, 3.8) is 0 Å². The lowest BCUT2D eigenvalue weighted by Gasteiger charge is -2.21. The van der Waals surface area contributed by atoms with Gasteiger partial charge >= 0.3 is 0 Å². The lowest BCUT2D eigenvalue weighted by atomic mass is 10.1. The van der Waals surface area contributed by atoms with E-state index in [0.717, 1.165) is 0 Å². The lowest BCUT2D eigenvalue weighted by molar-refractivity contribution is -0.0511. The molecular formula is C14H21N5O4. The highest BCUT2D eigenvalue weighted by atomic mass is 16.6. The Morgan fingerprint density at radius 3 is 2.57 bits per heavy atom. The van der Waals surface area contributed by atoms with Crippen LogP contribution in [-0.4, -0.2) is 65.3 Å². The molecular weight excluding hydrogens is 302 g/mol. The van der Waals surface area contributed by atoms with E-state index in [0.29, 0.717) is 17.0 Å². The summed E-state index contributed by atoms with van der Waals surface area (Å²) >= 11 is 0. The van der Waals surface area contributed by atoms with Gasteiger partial charge in [0, 0.05) is 5.54 Å². The Morgan fingerprint density at radius 1 is 1.22 bits per heavy atom. The highest BCUT2D eigenvalue weighted by Crippen LogP contribution is 2.32. The summed E-state index contributed by atoms with van der Waals surface area (Å²) in [5, 5.41) is 32.5. The van der Waals surface area contributed by atoms with Crippen molar-refractivity contribution in [2.75, 3.05) is 11.9 Å². The maximum absolute atomic E-state index is 10.2. The summed E-state index contributed by atoms with van der Waals surface area (Å²) in [6, 6.07) is 0. The largest absolute Gasteiger partial charge is 0.394 e. The van der Waals surface area contributed by atoms with Gasteiger partial charge in [0.2, 0.25) is 0 Å². The van der Waals surface area contributed by atoms with Crippen LogP contribution in [0.3, 0.4) is 0 Å². The molecule has 0 bridgehead atoms. The number of hydrogen-bond donors (Lipinski definition) is 4. The zero-order valence-corrected chi connectivity index (χ0v) is 13.2. The number of imidazole rings is 1. The summed E-state index contributed by atoms with van der Waals surface area (Å²) in [6.45, 7) is 5.63. The molecule has 4 N–H and O–H groups in total. The molecule has 0 unspecified atom stereocenters. The maximum atomic E-state index is 10.2. The topological polar surface area (TPSA) is 126 Å². The van der Waals surface area contributed by atoms with Crippen molar-refractivity contribution < 1.29 is 20.1 Å². The second-order valence-electron chi connectivity index (χ2n) is 6.65. The van der Waals surface area contributed by atoms with Crippen LogP contribution in [0, 0.1) is 0 Å². The molecule has 2 aromatic heterocycles. The van der Waals surface area contributed by atoms with Crippen LogP contribution < -0.4 is 5.32 Å². The van der Waals surface area contributed by atoms with Crippen LogP contribution in [0.15, 0.2) is 12.7 Å². The molecule has 3 rings (SSSR count). The van der Waals surface area contributed by atoms with Crippen molar-refractivity contribution in [3.8, 4) is 0 Å². The predicted molar refractivity (Wildman–Crippen MR) is 81.7 cm³/mol. The van der Waals surface area contributed by atoms with Crippen LogP contribution in [0.5, 0.6) is 0 Å². The fraction of sp³-hybridized carbons (Fsp3) is 0.643. The molecule has 0 amide bonds. The molecule has 9 heteroatoms. The molecule has 1 aliphatic rings. The summed E-state index contributed by atoms with van der Waals surface area (Å²) in [5.74, 6) is 0.577. The van der Waals surface area contributed by atoms with Gasteiger partial charge in [0.05, 0.1) is 12.9 Å². The van der Waals surface area contributed by atoms with Crippen molar-refractivity contribution in [1.29, 1.82) is 0 Å². The van der Waals surface area contributed by atoms with Crippen LogP contribution in [0.2, 0.25) is 0 Å². The molecule has 0 aliphatic carbocycles. The zero-order valence-electron chi connectivity index (χ0n) is 13.2. The minimum Gasteiger partial charge on any atom is -0.394 e. The van der Waals surface area contributed by atoms with Gasteiger partial charge in [-0.15, -0.1) is 0 Å². The van der Waals surface area contributed by atoms with Gasteiger partial charge in [-0.1, -0.05) is 0 Å². The molecule has 1 fully saturated rings. The number of aliphatic hydroxyl groups excluding tert-OH is 3. The normalized spacial score (nSPS) is 28.4. The number of ether oxygens (including phenoxy) is 1. The van der Waals surface area contributed by atoms with E-state index in [1.807, 2.05) is 20.8 Å². The molecule has 2 aromatic rings. The van der Waals surface area contributed by atoms with Crippen LogP contribution in [0.4, 0.5) is 5.82 Å². The van der Waals surface area contributed by atoms with E-state index in [-0.39, 0.29) is 12.1 Å². The van der Waals surface area contributed by atoms with E-state index in [4.69, 9.17) is 4.74 Å². The highest BCUT2D eigenvalue weighted by Gasteiger charge is 2.44. The second kappa shape index (κ2) is 5.68. The third kappa shape index (κ3) is 2.88. The molecule has 0 spiro atoms. The number of aliphatic hydroxyl groups is 3. The average molecular weight is 323 g/mol. The summed E-state index contributed by atoms with van der Waals surface area (Å²) in [6.07, 6.45) is -1.19. The molecule has 0 aromatic carbocycles. The van der Waals surface area contributed by atoms with Gasteiger partial charge in [-0.3, -0.25) is 4.57 Å². The second-order valence-corrected chi connectivity index (χ2v) is 6.65. The molecule has 3 heterocycles. The van der Waals surface area contributed by atoms with E-state index in [1.165, 1.54) is 17.2 Å². The molecule has 0 saturated carbocycles. The van der Waals surface area contributed by atoms with Gasteiger partial charge in [0.1, 0.15) is 24.6 Å². The van der Waals surface area contributed by atoms with Gasteiger partial charge in [0.25, 0.3) is 0 Å². The zero-order chi connectivity index (χ0) is 16.8. The Morgan fingerprint density at radius 2 is 1.96 bits per heavy atom. The predicted octanol–water partition coefficient (Wildman–Crippen LogP) is -0.352. The monoisotopic (exact) mass is 323 g/mol. The summed E-state index contributed by atoms with van der Waals surface area (Å²) in [4.78, 5) is 12.7. The lowest BCUT2D eigenvalue weighted by Crippen LogP contribution is -2.33. The average Bonchev–Trinajstić information content (AvgIpc) is 3.01. The number of aromatic nitrogens is 4. The maximum Gasteiger partial charge on any atom is 0.167 e. The van der Waals surface area contributed by atoms with Crippen molar-refractivity contribution in [3.05, 3.63) is 12.7 Å². The Labute approximate surface area is 133 Å². The number of hydrogen-bond acceptors (Lipinski definition) is 8. The third-order valence-electron chi connectivity index (χ3n) is 3.64. The number of nitrogens with one attached hydrogen (secondary N) is 1. The van der Waals surface area contributed by atoms with Crippen molar-refractivity contribution >= 4 is 17.0 Å². The van der Waals surface area contributed by atoms with Crippen LogP contribution >= 0.6 is 0 Å². The minimum atomic E-state index is -1.18. The molecule has 0 radical (unpaired) electrons. The van der Waals surface area contributed by atoms with Crippen LogP contribution in [-0.2, 0) is 4.74 Å². The standard InChI is InChI=1S/C14H21N5O4/c1-14(2,3)18-11-8-12(16-5-15-11)19(6-17-8)13-10(22)9(21)7(4-20)23-13/h5-7,9-10,13,20-22H,4H2,1-3H3,(H,15,16,18)/t7-,9-,10-,13-/m1/s1. The first-order chi connectivity index (χ1) is 10.8. The van der Waals surface area contributed by atoms with Gasteiger partial charge in [-0.05, 0) is 20.8 Å². The molecule has 126 valence electrons. The minimum absolute atomic E-state index is 0.202. The number of rotatable bonds is 3. The van der Waals surface area contributed by atoms with E-state index in [2.05, 4.69) is 20.3 Å². The quantitative estimate of drug-likeness (QED) is 0.604. The highest BCUT2D eigenvalue weighted by molar-refractivity contribution is 5.83. The molecule has 1 saturated heterocycles. The first-order valence-electron chi connectivity index (χ1n) is 7.40. The van der Waals surface area contributed by atoms with Crippen molar-refractivity contribution in [2.24, 2.45) is 0 Å². The van der Waals surface area contributed by atoms with Crippen molar-refractivity contribution in [1.82, 2.24) is 19.5 Å². The fourth-order valence-corrected chi connectivity index (χ4v) is 2.59. The van der Waals surface area contributed by atoms with E-state index < -0.39 is 24.5 Å². The first-order valence-corrected chi connectivity index (χ1v) is 7.40. The van der Waals surface area contributed by atoms with Crippen LogP contribution in [0.1, 0.15) is 27.0 Å². The van der Waals surface area contributed by atoms with Gasteiger partial charge < -0.3 is 25.4 Å². The van der Waals surface area contributed by atoms with Crippen LogP contribution in [0.25, 0.3) is 11.2 Å². The molecule has 9 nitrogen and oxygen atoms in total.